The van der Waals surface area contributed by atoms with Crippen LogP contribution in [0.15, 0.2) is 58.6 Å². The van der Waals surface area contributed by atoms with Crippen molar-refractivity contribution in [3.05, 3.63) is 54.1 Å². The van der Waals surface area contributed by atoms with Gasteiger partial charge in [-0.25, -0.2) is 13.4 Å². The van der Waals surface area contributed by atoms with Crippen LogP contribution in [0.25, 0.3) is 11.0 Å². The van der Waals surface area contributed by atoms with Crippen molar-refractivity contribution in [2.45, 2.75) is 61.1 Å². The van der Waals surface area contributed by atoms with Crippen molar-refractivity contribution in [2.24, 2.45) is 5.92 Å². The minimum Gasteiger partial charge on any atom is -0.376 e. The predicted molar refractivity (Wildman–Crippen MR) is 132 cm³/mol. The number of hydrogen-bond acceptors (Lipinski definition) is 5. The van der Waals surface area contributed by atoms with Gasteiger partial charge in [0.05, 0.1) is 28.6 Å². The van der Waals surface area contributed by atoms with Crippen LogP contribution in [-0.4, -0.2) is 48.1 Å². The summed E-state index contributed by atoms with van der Waals surface area (Å²) < 4.78 is 36.4. The quantitative estimate of drug-likeness (QED) is 0.444. The first-order valence-electron chi connectivity index (χ1n) is 11.8. The Bertz CT molecular complexity index is 1200. The number of ether oxygens (including phenoxy) is 1. The van der Waals surface area contributed by atoms with Gasteiger partial charge in [0.15, 0.2) is 5.16 Å². The van der Waals surface area contributed by atoms with Gasteiger partial charge in [-0.15, -0.1) is 0 Å². The molecule has 176 valence electrons. The summed E-state index contributed by atoms with van der Waals surface area (Å²) in [6.07, 6.45) is 4.30. The minimum atomic E-state index is -3.52. The second-order valence-corrected chi connectivity index (χ2v) is 12.1. The summed E-state index contributed by atoms with van der Waals surface area (Å²) >= 11 is 1.69. The van der Waals surface area contributed by atoms with Crippen molar-refractivity contribution in [2.75, 3.05) is 19.7 Å². The molecule has 0 radical (unpaired) electrons. The van der Waals surface area contributed by atoms with Gasteiger partial charge in [-0.05, 0) is 55.4 Å². The van der Waals surface area contributed by atoms with Crippen LogP contribution in [0.1, 0.15) is 38.2 Å². The number of benzene rings is 2. The average molecular weight is 486 g/mol. The van der Waals surface area contributed by atoms with Crippen LogP contribution in [0, 0.1) is 5.92 Å². The van der Waals surface area contributed by atoms with E-state index >= 15 is 0 Å². The number of hydrogen-bond donors (Lipinski definition) is 0. The standard InChI is InChI=1S/C25H31N3O3S2/c1-19-7-5-13-27(16-19)33(29,30)22-11-12-24-23(15-22)26-25(28(24)17-21-10-6-14-31-21)32-18-20-8-3-2-4-9-20/h2-4,8-9,11-12,15,19,21H,5-7,10,13-14,16-18H2,1H3/t19-,21-/m1/s1. The largest absolute Gasteiger partial charge is 0.376 e. The fraction of sp³-hybridized carbons (Fsp3) is 0.480. The van der Waals surface area contributed by atoms with Crippen LogP contribution in [-0.2, 0) is 27.1 Å². The molecule has 0 bridgehead atoms. The van der Waals surface area contributed by atoms with Crippen molar-refractivity contribution in [3.8, 4) is 0 Å². The van der Waals surface area contributed by atoms with Crippen LogP contribution in [0.4, 0.5) is 0 Å². The Labute approximate surface area is 200 Å². The van der Waals surface area contributed by atoms with Crippen LogP contribution < -0.4 is 0 Å². The van der Waals surface area contributed by atoms with Gasteiger partial charge in [0.25, 0.3) is 0 Å². The van der Waals surface area contributed by atoms with Crippen molar-refractivity contribution < 1.29 is 13.2 Å². The Morgan fingerprint density at radius 2 is 1.97 bits per heavy atom. The third-order valence-electron chi connectivity index (χ3n) is 6.56. The maximum absolute atomic E-state index is 13.3. The van der Waals surface area contributed by atoms with Crippen LogP contribution in [0.3, 0.4) is 0 Å². The molecule has 2 aromatic carbocycles. The summed E-state index contributed by atoms with van der Waals surface area (Å²) in [7, 11) is -3.52. The Morgan fingerprint density at radius 1 is 1.12 bits per heavy atom. The summed E-state index contributed by atoms with van der Waals surface area (Å²) in [6, 6.07) is 15.8. The van der Waals surface area contributed by atoms with Gasteiger partial charge in [-0.3, -0.25) is 0 Å². The average Bonchev–Trinajstić information content (AvgIpc) is 3.46. The molecule has 0 N–H and O–H groups in total. The fourth-order valence-corrected chi connectivity index (χ4v) is 7.36. The molecule has 2 aliphatic rings. The fourth-order valence-electron chi connectivity index (χ4n) is 4.76. The van der Waals surface area contributed by atoms with E-state index in [4.69, 9.17) is 9.72 Å². The number of sulfonamides is 1. The number of aromatic nitrogens is 2. The molecule has 0 spiro atoms. The van der Waals surface area contributed by atoms with E-state index in [1.165, 1.54) is 5.56 Å². The number of imidazole rings is 1. The maximum atomic E-state index is 13.3. The molecule has 0 amide bonds. The molecule has 2 aliphatic heterocycles. The van der Waals surface area contributed by atoms with Crippen molar-refractivity contribution in [1.82, 2.24) is 13.9 Å². The van der Waals surface area contributed by atoms with E-state index in [2.05, 4.69) is 23.6 Å². The number of rotatable bonds is 7. The first-order valence-corrected chi connectivity index (χ1v) is 14.2. The summed E-state index contributed by atoms with van der Waals surface area (Å²) in [5.74, 6) is 1.20. The second-order valence-electron chi connectivity index (χ2n) is 9.18. The highest BCUT2D eigenvalue weighted by molar-refractivity contribution is 7.98. The minimum absolute atomic E-state index is 0.178. The van der Waals surface area contributed by atoms with Crippen molar-refractivity contribution in [1.29, 1.82) is 0 Å². The lowest BCUT2D eigenvalue weighted by molar-refractivity contribution is 0.0960. The number of thioether (sulfide) groups is 1. The first-order chi connectivity index (χ1) is 16.0. The highest BCUT2D eigenvalue weighted by atomic mass is 32.2. The maximum Gasteiger partial charge on any atom is 0.243 e. The topological polar surface area (TPSA) is 64.4 Å². The van der Waals surface area contributed by atoms with E-state index in [0.29, 0.717) is 23.9 Å². The number of piperidine rings is 1. The van der Waals surface area contributed by atoms with E-state index in [0.717, 1.165) is 60.8 Å². The zero-order valence-electron chi connectivity index (χ0n) is 19.0. The van der Waals surface area contributed by atoms with Crippen molar-refractivity contribution in [3.63, 3.8) is 0 Å². The molecule has 2 fully saturated rings. The predicted octanol–water partition coefficient (Wildman–Crippen LogP) is 4.93. The molecular weight excluding hydrogens is 454 g/mol. The lowest BCUT2D eigenvalue weighted by Crippen LogP contribution is -2.39. The van der Waals surface area contributed by atoms with Gasteiger partial charge in [0.1, 0.15) is 0 Å². The molecular formula is C25H31N3O3S2. The van der Waals surface area contributed by atoms with E-state index < -0.39 is 10.0 Å². The third-order valence-corrected chi connectivity index (χ3v) is 9.47. The molecule has 33 heavy (non-hydrogen) atoms. The molecule has 3 aromatic rings. The van der Waals surface area contributed by atoms with Gasteiger partial charge < -0.3 is 9.30 Å². The summed E-state index contributed by atoms with van der Waals surface area (Å²) in [4.78, 5) is 5.23. The summed E-state index contributed by atoms with van der Waals surface area (Å²) in [6.45, 7) is 4.85. The van der Waals surface area contributed by atoms with Gasteiger partial charge in [0, 0.05) is 25.4 Å². The molecule has 6 nitrogen and oxygen atoms in total. The van der Waals surface area contributed by atoms with Crippen molar-refractivity contribution >= 4 is 32.8 Å². The molecule has 0 aliphatic carbocycles. The van der Waals surface area contributed by atoms with E-state index in [9.17, 15) is 8.42 Å². The van der Waals surface area contributed by atoms with Crippen LogP contribution in [0.5, 0.6) is 0 Å². The summed E-state index contributed by atoms with van der Waals surface area (Å²) in [5, 5.41) is 0.908. The first kappa shape index (κ1) is 22.9. The molecule has 1 aromatic heterocycles. The van der Waals surface area contributed by atoms with Gasteiger partial charge >= 0.3 is 0 Å². The molecule has 3 heterocycles. The Kier molecular flexibility index (Phi) is 6.79. The monoisotopic (exact) mass is 485 g/mol. The second kappa shape index (κ2) is 9.78. The smallest absolute Gasteiger partial charge is 0.243 e. The van der Waals surface area contributed by atoms with E-state index in [1.54, 1.807) is 28.2 Å². The Hall–Kier alpha value is -1.87. The van der Waals surface area contributed by atoms with Crippen LogP contribution >= 0.6 is 11.8 Å². The zero-order chi connectivity index (χ0) is 22.8. The SMILES string of the molecule is C[C@@H]1CCCN(S(=O)(=O)c2ccc3c(c2)nc(SCc2ccccc2)n3C[C@H]2CCCO2)C1. The number of nitrogens with zero attached hydrogens (tertiary/aromatic N) is 3. The number of fused-ring (bicyclic) bond motifs is 1. The zero-order valence-corrected chi connectivity index (χ0v) is 20.7. The van der Waals surface area contributed by atoms with E-state index in [1.807, 2.05) is 24.3 Å². The van der Waals surface area contributed by atoms with Gasteiger partial charge in [0.2, 0.25) is 10.0 Å². The molecule has 2 saturated heterocycles. The highest BCUT2D eigenvalue weighted by Gasteiger charge is 2.29. The lowest BCUT2D eigenvalue weighted by Gasteiger charge is -2.30. The van der Waals surface area contributed by atoms with Gasteiger partial charge in [-0.2, -0.15) is 4.31 Å². The van der Waals surface area contributed by atoms with Crippen LogP contribution in [0.2, 0.25) is 0 Å². The lowest BCUT2D eigenvalue weighted by atomic mass is 10.0. The third kappa shape index (κ3) is 4.99. The molecule has 0 unspecified atom stereocenters. The molecule has 0 saturated carbocycles. The van der Waals surface area contributed by atoms with E-state index in [-0.39, 0.29) is 6.10 Å². The molecule has 5 rings (SSSR count). The highest BCUT2D eigenvalue weighted by Crippen LogP contribution is 2.31. The summed E-state index contributed by atoms with van der Waals surface area (Å²) in [5.41, 5.74) is 2.93. The molecule has 2 atom stereocenters. The Balaban J connectivity index is 1.47. The molecule has 8 heteroatoms. The van der Waals surface area contributed by atoms with Gasteiger partial charge in [-0.1, -0.05) is 49.0 Å². The Morgan fingerprint density at radius 3 is 2.73 bits per heavy atom. The normalized spacial score (nSPS) is 22.2.